The SMILES string of the molecule is CCc1c(-c2ccc(F)c(-c3ccc(Cl)cc3)c2)nn(-c2nc(C(=O)O)cs2)c1CC1CC1.N[S+](O)c1ccccc1F. The van der Waals surface area contributed by atoms with E-state index < -0.39 is 23.1 Å². The molecule has 1 atom stereocenters. The van der Waals surface area contributed by atoms with Crippen molar-refractivity contribution in [2.24, 2.45) is 11.1 Å². The zero-order valence-electron chi connectivity index (χ0n) is 23.0. The maximum absolute atomic E-state index is 14.7. The fourth-order valence-corrected chi connectivity index (χ4v) is 6.03. The van der Waals surface area contributed by atoms with Crippen LogP contribution >= 0.6 is 22.9 Å². The summed E-state index contributed by atoms with van der Waals surface area (Å²) in [7, 11) is 0. The van der Waals surface area contributed by atoms with Crippen LogP contribution in [0.4, 0.5) is 8.78 Å². The zero-order chi connectivity index (χ0) is 30.7. The molecule has 222 valence electrons. The number of carbonyl (C=O) groups is 1. The Kier molecular flexibility index (Phi) is 9.58. The molecular formula is C31H28ClF2N4O3S2+. The number of nitrogens with two attached hydrogens (primary N) is 1. The van der Waals surface area contributed by atoms with E-state index >= 15 is 0 Å². The predicted molar refractivity (Wildman–Crippen MR) is 167 cm³/mol. The second-order valence-electron chi connectivity index (χ2n) is 9.95. The molecule has 2 heterocycles. The molecular weight excluding hydrogens is 614 g/mol. The average Bonchev–Trinajstić information content (AvgIpc) is 3.53. The monoisotopic (exact) mass is 641 g/mol. The van der Waals surface area contributed by atoms with Crippen molar-refractivity contribution in [3.05, 3.63) is 106 Å². The molecule has 5 aromatic rings. The van der Waals surface area contributed by atoms with Crippen LogP contribution in [0.1, 0.15) is 41.5 Å². The fourth-order valence-electron chi connectivity index (χ4n) is 4.65. The first kappa shape index (κ1) is 30.8. The van der Waals surface area contributed by atoms with Crippen LogP contribution in [0.5, 0.6) is 0 Å². The molecule has 1 unspecified atom stereocenters. The van der Waals surface area contributed by atoms with Crippen LogP contribution in [0.2, 0.25) is 5.02 Å². The molecule has 0 bridgehead atoms. The van der Waals surface area contributed by atoms with Gasteiger partial charge in [-0.05, 0) is 73.6 Å². The van der Waals surface area contributed by atoms with Gasteiger partial charge in [0.15, 0.2) is 11.5 Å². The fraction of sp³-hybridized carbons (Fsp3) is 0.194. The number of aromatic nitrogens is 3. The Balaban J connectivity index is 0.000000314. The van der Waals surface area contributed by atoms with Crippen molar-refractivity contribution in [3.63, 3.8) is 0 Å². The van der Waals surface area contributed by atoms with Crippen molar-refractivity contribution >= 4 is 40.3 Å². The van der Waals surface area contributed by atoms with Gasteiger partial charge in [-0.25, -0.2) is 23.2 Å². The Morgan fingerprint density at radius 1 is 1.09 bits per heavy atom. The highest BCUT2D eigenvalue weighted by Crippen LogP contribution is 2.38. The summed E-state index contributed by atoms with van der Waals surface area (Å²) < 4.78 is 37.9. The number of hydrogen-bond donors (Lipinski definition) is 3. The molecule has 7 nitrogen and oxygen atoms in total. The molecule has 0 radical (unpaired) electrons. The maximum atomic E-state index is 14.7. The lowest BCUT2D eigenvalue weighted by molar-refractivity contribution is 0.0691. The van der Waals surface area contributed by atoms with Gasteiger partial charge in [-0.3, -0.25) is 0 Å². The van der Waals surface area contributed by atoms with Gasteiger partial charge in [0.2, 0.25) is 10.0 Å². The molecule has 1 fully saturated rings. The maximum Gasteiger partial charge on any atom is 0.355 e. The number of rotatable bonds is 8. The Morgan fingerprint density at radius 3 is 2.37 bits per heavy atom. The number of carboxylic acids is 1. The molecule has 3 aromatic carbocycles. The number of benzene rings is 3. The third kappa shape index (κ3) is 7.14. The molecule has 0 saturated heterocycles. The van der Waals surface area contributed by atoms with Gasteiger partial charge in [0.1, 0.15) is 5.82 Å². The first-order valence-corrected chi connectivity index (χ1v) is 15.9. The molecule has 6 rings (SSSR count). The quantitative estimate of drug-likeness (QED) is 0.149. The van der Waals surface area contributed by atoms with Crippen molar-refractivity contribution in [2.45, 2.75) is 37.5 Å². The lowest BCUT2D eigenvalue weighted by atomic mass is 9.97. The van der Waals surface area contributed by atoms with Crippen molar-refractivity contribution in [1.29, 1.82) is 0 Å². The highest BCUT2D eigenvalue weighted by Gasteiger charge is 2.29. The van der Waals surface area contributed by atoms with Crippen LogP contribution in [0, 0.1) is 17.6 Å². The average molecular weight is 642 g/mol. The van der Waals surface area contributed by atoms with Crippen molar-refractivity contribution in [2.75, 3.05) is 0 Å². The number of thiazole rings is 1. The minimum absolute atomic E-state index is 0.00859. The summed E-state index contributed by atoms with van der Waals surface area (Å²) in [5, 5.41) is 21.9. The number of carboxylic acid groups (broad SMARTS) is 1. The standard InChI is InChI=1S/C25H21ClFN3O2S.C6H7FNOS/c1-2-18-22(11-14-3-4-14)30(25-28-21(13-33-25)24(31)32)29-23(18)16-7-10-20(27)19(12-16)15-5-8-17(26)9-6-15;7-5-3-1-2-4-6(5)10(8)9/h5-10,12-14H,2-4,11H2,1H3,(H,31,32);1-4,9H,8H2/q;+1. The van der Waals surface area contributed by atoms with Crippen molar-refractivity contribution < 1.29 is 23.2 Å². The van der Waals surface area contributed by atoms with Gasteiger partial charge in [-0.2, -0.15) is 9.65 Å². The minimum atomic E-state index is -1.47. The number of hydrogen-bond acceptors (Lipinski definition) is 6. The molecule has 1 saturated carbocycles. The second-order valence-corrected chi connectivity index (χ2v) is 12.3. The van der Waals surface area contributed by atoms with Crippen LogP contribution in [0.15, 0.2) is 77.0 Å². The number of halogens is 3. The van der Waals surface area contributed by atoms with Crippen LogP contribution < -0.4 is 5.14 Å². The van der Waals surface area contributed by atoms with E-state index in [1.54, 1.807) is 47.1 Å². The summed E-state index contributed by atoms with van der Waals surface area (Å²) in [6, 6.07) is 18.0. The molecule has 0 amide bonds. The van der Waals surface area contributed by atoms with E-state index in [9.17, 15) is 18.7 Å². The van der Waals surface area contributed by atoms with Gasteiger partial charge in [-0.1, -0.05) is 42.8 Å². The summed E-state index contributed by atoms with van der Waals surface area (Å²) in [5.74, 6) is -1.23. The summed E-state index contributed by atoms with van der Waals surface area (Å²) in [6.07, 6.45) is 3.98. The topological polar surface area (TPSA) is 114 Å². The third-order valence-corrected chi connectivity index (χ3v) is 8.82. The molecule has 12 heteroatoms. The number of aromatic carboxylic acids is 1. The third-order valence-electron chi connectivity index (χ3n) is 6.97. The normalized spacial score (nSPS) is 13.3. The van der Waals surface area contributed by atoms with E-state index in [1.807, 2.05) is 6.07 Å². The van der Waals surface area contributed by atoms with E-state index in [0.717, 1.165) is 40.9 Å². The molecule has 43 heavy (non-hydrogen) atoms. The minimum Gasteiger partial charge on any atom is -0.476 e. The van der Waals surface area contributed by atoms with Gasteiger partial charge in [0, 0.05) is 33.2 Å². The largest absolute Gasteiger partial charge is 0.476 e. The van der Waals surface area contributed by atoms with Crippen LogP contribution in [0.3, 0.4) is 0 Å². The van der Waals surface area contributed by atoms with Gasteiger partial charge in [0.25, 0.3) is 11.4 Å². The Morgan fingerprint density at radius 2 is 1.79 bits per heavy atom. The summed E-state index contributed by atoms with van der Waals surface area (Å²) in [6.45, 7) is 2.08. The van der Waals surface area contributed by atoms with Crippen LogP contribution in [-0.2, 0) is 24.2 Å². The second kappa shape index (κ2) is 13.4. The van der Waals surface area contributed by atoms with Crippen LogP contribution in [0.25, 0.3) is 27.5 Å². The van der Waals surface area contributed by atoms with Crippen molar-refractivity contribution in [1.82, 2.24) is 14.8 Å². The zero-order valence-corrected chi connectivity index (χ0v) is 25.4. The van der Waals surface area contributed by atoms with E-state index in [-0.39, 0.29) is 16.4 Å². The predicted octanol–water partition coefficient (Wildman–Crippen LogP) is 7.82. The molecule has 1 aliphatic carbocycles. The Labute approximate surface area is 259 Å². The molecule has 0 spiro atoms. The van der Waals surface area contributed by atoms with E-state index in [1.165, 1.54) is 47.8 Å². The molecule has 0 aliphatic heterocycles. The lowest BCUT2D eigenvalue weighted by Gasteiger charge is -2.08. The van der Waals surface area contributed by atoms with E-state index in [0.29, 0.717) is 21.6 Å². The highest BCUT2D eigenvalue weighted by atomic mass is 35.5. The van der Waals surface area contributed by atoms with E-state index in [4.69, 9.17) is 26.4 Å². The summed E-state index contributed by atoms with van der Waals surface area (Å²) >= 11 is 5.80. The first-order chi connectivity index (χ1) is 20.7. The molecule has 2 aromatic heterocycles. The van der Waals surface area contributed by atoms with Gasteiger partial charge >= 0.3 is 5.97 Å². The Bertz CT molecular complexity index is 1750. The first-order valence-electron chi connectivity index (χ1n) is 13.4. The molecule has 1 aliphatic rings. The summed E-state index contributed by atoms with van der Waals surface area (Å²) in [5.41, 5.74) is 4.95. The van der Waals surface area contributed by atoms with Crippen LogP contribution in [-0.4, -0.2) is 30.4 Å². The van der Waals surface area contributed by atoms with E-state index in [2.05, 4.69) is 11.9 Å². The smallest absolute Gasteiger partial charge is 0.355 e. The molecule has 4 N–H and O–H groups in total. The van der Waals surface area contributed by atoms with Gasteiger partial charge < -0.3 is 5.11 Å². The van der Waals surface area contributed by atoms with Gasteiger partial charge in [0.05, 0.1) is 11.4 Å². The van der Waals surface area contributed by atoms with Gasteiger partial charge in [-0.15, -0.1) is 16.5 Å². The Hall–Kier alpha value is -3.61. The summed E-state index contributed by atoms with van der Waals surface area (Å²) in [4.78, 5) is 15.8. The lowest BCUT2D eigenvalue weighted by Crippen LogP contribution is -2.13. The van der Waals surface area contributed by atoms with Crippen molar-refractivity contribution in [3.8, 4) is 27.5 Å². The highest BCUT2D eigenvalue weighted by molar-refractivity contribution is 7.89. The number of nitrogens with zero attached hydrogens (tertiary/aromatic N) is 3.